The number of amides is 2. The quantitative estimate of drug-likeness (QED) is 0.589. The number of ether oxygens (including phenoxy) is 1. The molecule has 8 heteroatoms. The lowest BCUT2D eigenvalue weighted by molar-refractivity contribution is -0.179. The molecule has 0 aliphatic carbocycles. The van der Waals surface area contributed by atoms with Crippen LogP contribution in [0.3, 0.4) is 0 Å². The molecule has 0 spiro atoms. The minimum atomic E-state index is -1.14. The van der Waals surface area contributed by atoms with E-state index in [0.717, 1.165) is 0 Å². The second-order valence-electron chi connectivity index (χ2n) is 6.07. The van der Waals surface area contributed by atoms with Crippen LogP contribution in [0.5, 0.6) is 0 Å². The molecule has 1 aliphatic rings. The van der Waals surface area contributed by atoms with Crippen LogP contribution in [0.1, 0.15) is 39.5 Å². The zero-order valence-electron chi connectivity index (χ0n) is 14.0. The first kappa shape index (κ1) is 19.9. The summed E-state index contributed by atoms with van der Waals surface area (Å²) in [5.74, 6) is -0.508. The van der Waals surface area contributed by atoms with Crippen LogP contribution in [0.4, 0.5) is 0 Å². The standard InChI is InChI=1S/C16H24N4O4/c1-10(17-3)7-14(21)19-9-12-5-6-13(16(23)24-12)20-15(22)8-11(2)18-4/h10-13,16,23H,5-9H2,1-2H3,(H,19,21)(H,20,22)/t10-,11-,12+,13+,16-/m1/s1. The summed E-state index contributed by atoms with van der Waals surface area (Å²) < 4.78 is 5.42. The van der Waals surface area contributed by atoms with E-state index in [9.17, 15) is 14.7 Å². The first-order valence-electron chi connectivity index (χ1n) is 7.98. The number of aliphatic hydroxyl groups is 1. The van der Waals surface area contributed by atoms with Gasteiger partial charge in [-0.15, -0.1) is 0 Å². The Labute approximate surface area is 142 Å². The highest BCUT2D eigenvalue weighted by molar-refractivity contribution is 5.77. The molecule has 0 aromatic rings. The fourth-order valence-corrected chi connectivity index (χ4v) is 2.36. The lowest BCUT2D eigenvalue weighted by Gasteiger charge is -2.34. The summed E-state index contributed by atoms with van der Waals surface area (Å²) in [7, 11) is 0. The van der Waals surface area contributed by atoms with E-state index in [1.54, 1.807) is 13.8 Å². The van der Waals surface area contributed by atoms with E-state index in [1.807, 2.05) is 0 Å². The summed E-state index contributed by atoms with van der Waals surface area (Å²) in [4.78, 5) is 29.9. The molecule has 3 N–H and O–H groups in total. The van der Waals surface area contributed by atoms with Crippen LogP contribution in [-0.2, 0) is 14.3 Å². The van der Waals surface area contributed by atoms with E-state index >= 15 is 0 Å². The van der Waals surface area contributed by atoms with Crippen molar-refractivity contribution in [1.82, 2.24) is 10.6 Å². The Kier molecular flexibility index (Phi) is 8.17. The zero-order chi connectivity index (χ0) is 18.1. The maximum atomic E-state index is 11.8. The summed E-state index contributed by atoms with van der Waals surface area (Å²) in [6, 6.07) is -1.27. The Morgan fingerprint density at radius 1 is 1.17 bits per heavy atom. The van der Waals surface area contributed by atoms with Crippen LogP contribution in [0.15, 0.2) is 0 Å². The normalized spacial score (nSPS) is 25.6. The minimum absolute atomic E-state index is 0.0887. The van der Waals surface area contributed by atoms with E-state index < -0.39 is 18.4 Å². The predicted octanol–water partition coefficient (Wildman–Crippen LogP) is 0.481. The molecule has 0 saturated carbocycles. The van der Waals surface area contributed by atoms with Gasteiger partial charge in [-0.2, -0.15) is 0 Å². The Morgan fingerprint density at radius 2 is 1.75 bits per heavy atom. The summed E-state index contributed by atoms with van der Waals surface area (Å²) in [5.41, 5.74) is 0. The van der Waals surface area contributed by atoms with Gasteiger partial charge in [0.2, 0.25) is 23.9 Å². The summed E-state index contributed by atoms with van der Waals surface area (Å²) >= 11 is 0. The molecule has 0 bridgehead atoms. The molecule has 2 amide bonds. The van der Waals surface area contributed by atoms with Crippen LogP contribution < -0.4 is 10.6 Å². The highest BCUT2D eigenvalue weighted by Crippen LogP contribution is 2.18. The van der Waals surface area contributed by atoms with E-state index in [-0.39, 0.29) is 43.3 Å². The topological polar surface area (TPSA) is 96.4 Å². The number of hydrogen-bond donors (Lipinski definition) is 3. The summed E-state index contributed by atoms with van der Waals surface area (Å²) in [6.45, 7) is 17.3. The van der Waals surface area contributed by atoms with E-state index in [4.69, 9.17) is 17.9 Å². The number of nitrogens with one attached hydrogen (secondary N) is 2. The highest BCUT2D eigenvalue weighted by Gasteiger charge is 2.31. The van der Waals surface area contributed by atoms with Gasteiger partial charge in [-0.25, -0.2) is 13.1 Å². The molecule has 0 unspecified atom stereocenters. The molecule has 1 heterocycles. The lowest BCUT2D eigenvalue weighted by atomic mass is 10.0. The molecule has 1 saturated heterocycles. The second kappa shape index (κ2) is 9.86. The van der Waals surface area contributed by atoms with Gasteiger partial charge in [0.1, 0.15) is 12.8 Å². The van der Waals surface area contributed by atoms with Crippen molar-refractivity contribution >= 4 is 11.8 Å². The van der Waals surface area contributed by atoms with Crippen molar-refractivity contribution in [3.63, 3.8) is 0 Å². The van der Waals surface area contributed by atoms with Crippen molar-refractivity contribution in [3.8, 4) is 0 Å². The zero-order valence-corrected chi connectivity index (χ0v) is 14.0. The SMILES string of the molecule is [C-]#[N+][C@H](C)CC(=O)NC[C@@H]1CC[C@H](NC(=O)C[C@@H](C)[N+]#[C-])[C@H](O)O1. The third-order valence-corrected chi connectivity index (χ3v) is 3.75. The van der Waals surface area contributed by atoms with Crippen LogP contribution in [0.25, 0.3) is 9.69 Å². The van der Waals surface area contributed by atoms with Crippen molar-refractivity contribution < 1.29 is 19.4 Å². The van der Waals surface area contributed by atoms with Gasteiger partial charge in [0.15, 0.2) is 6.29 Å². The minimum Gasteiger partial charge on any atom is -0.366 e. The van der Waals surface area contributed by atoms with Crippen molar-refractivity contribution in [1.29, 1.82) is 0 Å². The molecule has 8 nitrogen and oxygen atoms in total. The van der Waals surface area contributed by atoms with Crippen molar-refractivity contribution in [3.05, 3.63) is 22.8 Å². The molecule has 5 atom stereocenters. The van der Waals surface area contributed by atoms with Gasteiger partial charge in [-0.1, -0.05) is 0 Å². The van der Waals surface area contributed by atoms with Gasteiger partial charge in [0.05, 0.1) is 12.1 Å². The Bertz CT molecular complexity index is 525. The number of carbonyl (C=O) groups is 2. The number of aliphatic hydroxyl groups excluding tert-OH is 1. The Hall–Kier alpha value is -2.16. The van der Waals surface area contributed by atoms with Gasteiger partial charge in [0, 0.05) is 20.4 Å². The average Bonchev–Trinajstić information content (AvgIpc) is 2.54. The number of nitrogens with zero attached hydrogens (tertiary/aromatic N) is 2. The Morgan fingerprint density at radius 3 is 2.29 bits per heavy atom. The van der Waals surface area contributed by atoms with E-state index in [1.165, 1.54) is 0 Å². The third kappa shape index (κ3) is 6.95. The lowest BCUT2D eigenvalue weighted by Crippen LogP contribution is -2.51. The number of hydrogen-bond acceptors (Lipinski definition) is 4. The molecular weight excluding hydrogens is 312 g/mol. The highest BCUT2D eigenvalue weighted by atomic mass is 16.6. The smallest absolute Gasteiger partial charge is 0.229 e. The first-order chi connectivity index (χ1) is 11.3. The molecule has 0 aromatic heterocycles. The summed E-state index contributed by atoms with van der Waals surface area (Å²) in [5, 5.41) is 15.3. The molecule has 132 valence electrons. The van der Waals surface area contributed by atoms with Crippen LogP contribution in [0.2, 0.25) is 0 Å². The van der Waals surface area contributed by atoms with Gasteiger partial charge in [-0.05, 0) is 12.8 Å². The molecule has 1 rings (SSSR count). The van der Waals surface area contributed by atoms with Crippen LogP contribution in [-0.4, -0.2) is 54.0 Å². The maximum Gasteiger partial charge on any atom is 0.229 e. The van der Waals surface area contributed by atoms with Gasteiger partial charge >= 0.3 is 0 Å². The van der Waals surface area contributed by atoms with Crippen LogP contribution >= 0.6 is 0 Å². The van der Waals surface area contributed by atoms with Crippen molar-refractivity contribution in [2.45, 2.75) is 70.1 Å². The average molecular weight is 336 g/mol. The largest absolute Gasteiger partial charge is 0.366 e. The van der Waals surface area contributed by atoms with E-state index in [2.05, 4.69) is 20.3 Å². The predicted molar refractivity (Wildman–Crippen MR) is 86.4 cm³/mol. The van der Waals surface area contributed by atoms with Gasteiger partial charge in [-0.3, -0.25) is 9.59 Å². The Balaban J connectivity index is 2.33. The fourth-order valence-electron chi connectivity index (χ4n) is 2.36. The molecular formula is C16H24N4O4. The fraction of sp³-hybridized carbons (Fsp3) is 0.750. The molecule has 0 radical (unpaired) electrons. The second-order valence-corrected chi connectivity index (χ2v) is 6.07. The molecule has 1 fully saturated rings. The first-order valence-corrected chi connectivity index (χ1v) is 7.98. The van der Waals surface area contributed by atoms with Crippen molar-refractivity contribution in [2.24, 2.45) is 0 Å². The molecule has 24 heavy (non-hydrogen) atoms. The number of rotatable bonds is 7. The molecule has 0 aromatic carbocycles. The monoisotopic (exact) mass is 336 g/mol. The van der Waals surface area contributed by atoms with Gasteiger partial charge in [0.25, 0.3) is 0 Å². The van der Waals surface area contributed by atoms with E-state index in [0.29, 0.717) is 12.8 Å². The van der Waals surface area contributed by atoms with Crippen molar-refractivity contribution in [2.75, 3.05) is 6.54 Å². The maximum absolute atomic E-state index is 11.8. The van der Waals surface area contributed by atoms with Gasteiger partial charge < -0.3 is 30.2 Å². The van der Waals surface area contributed by atoms with Crippen LogP contribution in [0, 0.1) is 13.1 Å². The third-order valence-electron chi connectivity index (χ3n) is 3.75. The molecule has 1 aliphatic heterocycles. The number of carbonyl (C=O) groups excluding carboxylic acids is 2. The summed E-state index contributed by atoms with van der Waals surface area (Å²) in [6.07, 6.45) is -0.142.